The molecule has 3 N–H and O–H groups in total. The van der Waals surface area contributed by atoms with E-state index >= 15 is 0 Å². The van der Waals surface area contributed by atoms with Crippen LogP contribution in [0.1, 0.15) is 43.8 Å². The third-order valence-electron chi connectivity index (χ3n) is 3.22. The number of nitrogens with one attached hydrogen (secondary N) is 1. The van der Waals surface area contributed by atoms with Gasteiger partial charge in [0.2, 0.25) is 0 Å². The fraction of sp³-hybridized carbons (Fsp3) is 0.692. The van der Waals surface area contributed by atoms with E-state index in [1.807, 2.05) is 18.7 Å². The fourth-order valence-corrected chi connectivity index (χ4v) is 3.22. The van der Waals surface area contributed by atoms with Crippen LogP contribution in [0.5, 0.6) is 0 Å². The average Bonchev–Trinajstić information content (AvgIpc) is 2.80. The predicted octanol–water partition coefficient (Wildman–Crippen LogP) is 2.42. The molecule has 2 heterocycles. The van der Waals surface area contributed by atoms with E-state index in [0.717, 1.165) is 19.5 Å². The second-order valence-electron chi connectivity index (χ2n) is 6.17. The number of hydrogen-bond donors (Lipinski definition) is 2. The minimum absolute atomic E-state index is 0.0115. The predicted molar refractivity (Wildman–Crippen MR) is 79.6 cm³/mol. The Bertz CT molecular complexity index is 481. The standard InChI is InChI=1S/C13H22N4OS/c1-8(2)15-12-16-10(14)9(19-12)11(18)17-6-5-13(3,4)7-17/h8H,5-7,14H2,1-4H3,(H,15,16). The van der Waals surface area contributed by atoms with Gasteiger partial charge in [0.05, 0.1) is 0 Å². The first-order chi connectivity index (χ1) is 8.78. The number of anilines is 2. The number of rotatable bonds is 3. The molecule has 0 radical (unpaired) electrons. The monoisotopic (exact) mass is 282 g/mol. The Morgan fingerprint density at radius 1 is 1.53 bits per heavy atom. The maximum atomic E-state index is 12.4. The largest absolute Gasteiger partial charge is 0.382 e. The van der Waals surface area contributed by atoms with Crippen molar-refractivity contribution in [2.45, 2.75) is 40.2 Å². The number of aromatic nitrogens is 1. The minimum Gasteiger partial charge on any atom is -0.382 e. The summed E-state index contributed by atoms with van der Waals surface area (Å²) in [5.74, 6) is 0.347. The van der Waals surface area contributed by atoms with Crippen LogP contribution < -0.4 is 11.1 Å². The molecular formula is C13H22N4OS. The van der Waals surface area contributed by atoms with Crippen molar-refractivity contribution in [1.29, 1.82) is 0 Å². The zero-order valence-electron chi connectivity index (χ0n) is 12.0. The SMILES string of the molecule is CC(C)Nc1nc(N)c(C(=O)N2CCC(C)(C)C2)s1. The average molecular weight is 282 g/mol. The number of amides is 1. The first-order valence-electron chi connectivity index (χ1n) is 6.60. The maximum Gasteiger partial charge on any atom is 0.267 e. The van der Waals surface area contributed by atoms with Crippen LogP contribution in [-0.2, 0) is 0 Å². The molecular weight excluding hydrogens is 260 g/mol. The van der Waals surface area contributed by atoms with Gasteiger partial charge >= 0.3 is 0 Å². The topological polar surface area (TPSA) is 71.2 Å². The molecule has 0 aliphatic carbocycles. The number of nitrogens with zero attached hydrogens (tertiary/aromatic N) is 2. The highest BCUT2D eigenvalue weighted by Crippen LogP contribution is 2.33. The Labute approximate surface area is 118 Å². The van der Waals surface area contributed by atoms with Gasteiger partial charge in [0.1, 0.15) is 10.7 Å². The van der Waals surface area contributed by atoms with Crippen LogP contribution in [0.4, 0.5) is 10.9 Å². The third-order valence-corrected chi connectivity index (χ3v) is 4.21. The molecule has 0 unspecified atom stereocenters. The Kier molecular flexibility index (Phi) is 3.71. The molecule has 0 atom stereocenters. The molecule has 0 saturated carbocycles. The zero-order valence-corrected chi connectivity index (χ0v) is 12.8. The molecule has 106 valence electrons. The van der Waals surface area contributed by atoms with Crippen molar-refractivity contribution in [1.82, 2.24) is 9.88 Å². The fourth-order valence-electron chi connectivity index (χ4n) is 2.22. The third kappa shape index (κ3) is 3.18. The molecule has 2 rings (SSSR count). The van der Waals surface area contributed by atoms with Crippen molar-refractivity contribution in [2.24, 2.45) is 5.41 Å². The van der Waals surface area contributed by atoms with Crippen molar-refractivity contribution < 1.29 is 4.79 Å². The quantitative estimate of drug-likeness (QED) is 0.893. The van der Waals surface area contributed by atoms with Gasteiger partial charge in [-0.25, -0.2) is 4.98 Å². The summed E-state index contributed by atoms with van der Waals surface area (Å²) in [4.78, 5) is 19.1. The molecule has 1 aliphatic heterocycles. The van der Waals surface area contributed by atoms with E-state index in [2.05, 4.69) is 24.1 Å². The van der Waals surface area contributed by atoms with Gasteiger partial charge in [0.25, 0.3) is 5.91 Å². The maximum absolute atomic E-state index is 12.4. The Hall–Kier alpha value is -1.30. The number of likely N-dealkylation sites (tertiary alicyclic amines) is 1. The number of nitrogen functional groups attached to an aromatic ring is 1. The van der Waals surface area contributed by atoms with Gasteiger partial charge in [0.15, 0.2) is 5.13 Å². The summed E-state index contributed by atoms with van der Waals surface area (Å²) in [6, 6.07) is 0.277. The Morgan fingerprint density at radius 2 is 2.21 bits per heavy atom. The molecule has 1 aromatic heterocycles. The highest BCUT2D eigenvalue weighted by atomic mass is 32.1. The van der Waals surface area contributed by atoms with Gasteiger partial charge in [-0.05, 0) is 25.7 Å². The molecule has 1 saturated heterocycles. The number of nitrogens with two attached hydrogens (primary N) is 1. The van der Waals surface area contributed by atoms with Crippen molar-refractivity contribution in [3.05, 3.63) is 4.88 Å². The van der Waals surface area contributed by atoms with Gasteiger partial charge in [-0.2, -0.15) is 0 Å². The summed E-state index contributed by atoms with van der Waals surface area (Å²) in [6.45, 7) is 10.0. The molecule has 0 aromatic carbocycles. The summed E-state index contributed by atoms with van der Waals surface area (Å²) in [7, 11) is 0. The summed E-state index contributed by atoms with van der Waals surface area (Å²) in [6.07, 6.45) is 1.04. The van der Waals surface area contributed by atoms with E-state index in [-0.39, 0.29) is 17.4 Å². The lowest BCUT2D eigenvalue weighted by molar-refractivity contribution is 0.0784. The van der Waals surface area contributed by atoms with Gasteiger partial charge < -0.3 is 16.0 Å². The second kappa shape index (κ2) is 5.00. The van der Waals surface area contributed by atoms with Crippen LogP contribution in [0.15, 0.2) is 0 Å². The van der Waals surface area contributed by atoms with Crippen LogP contribution in [0.25, 0.3) is 0 Å². The van der Waals surface area contributed by atoms with Crippen LogP contribution in [0.2, 0.25) is 0 Å². The van der Waals surface area contributed by atoms with Crippen LogP contribution in [0.3, 0.4) is 0 Å². The molecule has 0 spiro atoms. The van der Waals surface area contributed by atoms with Crippen molar-refractivity contribution in [3.8, 4) is 0 Å². The lowest BCUT2D eigenvalue weighted by atomic mass is 9.93. The van der Waals surface area contributed by atoms with E-state index in [1.165, 1.54) is 11.3 Å². The first kappa shape index (κ1) is 14.1. The van der Waals surface area contributed by atoms with E-state index in [9.17, 15) is 4.79 Å². The number of carbonyl (C=O) groups excluding carboxylic acids is 1. The first-order valence-corrected chi connectivity index (χ1v) is 7.42. The molecule has 0 bridgehead atoms. The van der Waals surface area contributed by atoms with E-state index in [1.54, 1.807) is 0 Å². The summed E-state index contributed by atoms with van der Waals surface area (Å²) < 4.78 is 0. The molecule has 1 aromatic rings. The number of carbonyl (C=O) groups is 1. The highest BCUT2D eigenvalue weighted by molar-refractivity contribution is 7.18. The lowest BCUT2D eigenvalue weighted by Gasteiger charge is -2.19. The molecule has 1 aliphatic rings. The van der Waals surface area contributed by atoms with Gasteiger partial charge in [-0.1, -0.05) is 25.2 Å². The van der Waals surface area contributed by atoms with E-state index in [0.29, 0.717) is 15.8 Å². The van der Waals surface area contributed by atoms with E-state index < -0.39 is 0 Å². The summed E-state index contributed by atoms with van der Waals surface area (Å²) in [5, 5.41) is 3.90. The highest BCUT2D eigenvalue weighted by Gasteiger charge is 2.34. The summed E-state index contributed by atoms with van der Waals surface area (Å²) >= 11 is 1.34. The molecule has 6 heteroatoms. The lowest BCUT2D eigenvalue weighted by Crippen LogP contribution is -2.30. The van der Waals surface area contributed by atoms with Crippen molar-refractivity contribution in [3.63, 3.8) is 0 Å². The van der Waals surface area contributed by atoms with Crippen molar-refractivity contribution in [2.75, 3.05) is 24.1 Å². The van der Waals surface area contributed by atoms with Crippen LogP contribution >= 0.6 is 11.3 Å². The Morgan fingerprint density at radius 3 is 2.74 bits per heavy atom. The molecule has 1 amide bonds. The van der Waals surface area contributed by atoms with Gasteiger partial charge in [-0.15, -0.1) is 0 Å². The van der Waals surface area contributed by atoms with Crippen LogP contribution in [0, 0.1) is 5.41 Å². The number of thiazole rings is 1. The van der Waals surface area contributed by atoms with Gasteiger partial charge in [-0.3, -0.25) is 4.79 Å². The normalized spacial score (nSPS) is 18.1. The van der Waals surface area contributed by atoms with Crippen LogP contribution in [-0.4, -0.2) is 34.9 Å². The number of hydrogen-bond acceptors (Lipinski definition) is 5. The molecule has 1 fully saturated rings. The smallest absolute Gasteiger partial charge is 0.267 e. The van der Waals surface area contributed by atoms with Crippen molar-refractivity contribution >= 4 is 28.2 Å². The molecule has 5 nitrogen and oxygen atoms in total. The van der Waals surface area contributed by atoms with E-state index in [4.69, 9.17) is 5.73 Å². The van der Waals surface area contributed by atoms with Gasteiger partial charge in [0, 0.05) is 19.1 Å². The minimum atomic E-state index is 0.0115. The Balaban J connectivity index is 2.13. The second-order valence-corrected chi connectivity index (χ2v) is 7.17. The zero-order chi connectivity index (χ0) is 14.2. The molecule has 19 heavy (non-hydrogen) atoms. The summed E-state index contributed by atoms with van der Waals surface area (Å²) in [5.41, 5.74) is 6.07.